The van der Waals surface area contributed by atoms with Gasteiger partial charge in [0.2, 0.25) is 15.9 Å². The van der Waals surface area contributed by atoms with Crippen LogP contribution < -0.4 is 5.32 Å². The molecule has 0 unspecified atom stereocenters. The molecule has 0 atom stereocenters. The Labute approximate surface area is 124 Å². The van der Waals surface area contributed by atoms with E-state index in [1.165, 1.54) is 10.4 Å². The van der Waals surface area contributed by atoms with Crippen molar-refractivity contribution in [1.29, 1.82) is 0 Å². The minimum absolute atomic E-state index is 0.199. The van der Waals surface area contributed by atoms with Gasteiger partial charge in [0.1, 0.15) is 0 Å². The average Bonchev–Trinajstić information content (AvgIpc) is 2.94. The lowest BCUT2D eigenvalue weighted by atomic mass is 10.3. The van der Waals surface area contributed by atoms with E-state index in [2.05, 4.69) is 5.32 Å². The summed E-state index contributed by atoms with van der Waals surface area (Å²) in [6.45, 7) is 1.12. The molecule has 1 amide bonds. The molecule has 20 heavy (non-hydrogen) atoms. The van der Waals surface area contributed by atoms with E-state index in [4.69, 9.17) is 11.6 Å². The van der Waals surface area contributed by atoms with Crippen molar-refractivity contribution in [1.82, 2.24) is 4.31 Å². The van der Waals surface area contributed by atoms with Gasteiger partial charge in [-0.3, -0.25) is 4.79 Å². The van der Waals surface area contributed by atoms with E-state index in [0.717, 1.165) is 12.8 Å². The molecular formula is C13H17ClN2O3S. The third-order valence-electron chi connectivity index (χ3n) is 3.14. The smallest absolute Gasteiger partial charge is 0.243 e. The summed E-state index contributed by atoms with van der Waals surface area (Å²) < 4.78 is 26.3. The first kappa shape index (κ1) is 15.3. The molecule has 0 spiro atoms. The number of nitrogens with zero attached hydrogens (tertiary/aromatic N) is 1. The van der Waals surface area contributed by atoms with Crippen LogP contribution >= 0.6 is 11.6 Å². The van der Waals surface area contributed by atoms with Gasteiger partial charge in [-0.25, -0.2) is 8.42 Å². The molecule has 1 N–H and O–H groups in total. The lowest BCUT2D eigenvalue weighted by molar-refractivity contribution is -0.115. The van der Waals surface area contributed by atoms with Crippen LogP contribution in [-0.2, 0) is 14.8 Å². The molecule has 5 nitrogen and oxygen atoms in total. The van der Waals surface area contributed by atoms with E-state index in [1.54, 1.807) is 18.2 Å². The second-order valence-electron chi connectivity index (χ2n) is 4.63. The fraction of sp³-hybridized carbons (Fsp3) is 0.462. The average molecular weight is 317 g/mol. The largest absolute Gasteiger partial charge is 0.326 e. The lowest BCUT2D eigenvalue weighted by Gasteiger charge is -2.16. The van der Waals surface area contributed by atoms with Gasteiger partial charge in [-0.2, -0.15) is 4.31 Å². The first-order valence-electron chi connectivity index (χ1n) is 6.50. The predicted molar refractivity (Wildman–Crippen MR) is 78.4 cm³/mol. The minimum Gasteiger partial charge on any atom is -0.326 e. The summed E-state index contributed by atoms with van der Waals surface area (Å²) in [4.78, 5) is 11.7. The minimum atomic E-state index is -3.45. The monoisotopic (exact) mass is 316 g/mol. The molecule has 0 aromatic heterocycles. The third-order valence-corrected chi connectivity index (χ3v) is 5.23. The van der Waals surface area contributed by atoms with Crippen molar-refractivity contribution >= 4 is 33.2 Å². The number of hydrogen-bond donors (Lipinski definition) is 1. The number of anilines is 1. The summed E-state index contributed by atoms with van der Waals surface area (Å²) in [6.07, 6.45) is 1.99. The van der Waals surface area contributed by atoms with E-state index >= 15 is 0 Å². The van der Waals surface area contributed by atoms with Crippen LogP contribution in [-0.4, -0.2) is 37.6 Å². The first-order chi connectivity index (χ1) is 9.54. The van der Waals surface area contributed by atoms with E-state index in [-0.39, 0.29) is 23.1 Å². The van der Waals surface area contributed by atoms with Crippen molar-refractivity contribution in [2.45, 2.75) is 24.2 Å². The van der Waals surface area contributed by atoms with Crippen LogP contribution in [0.3, 0.4) is 0 Å². The van der Waals surface area contributed by atoms with Gasteiger partial charge in [0.25, 0.3) is 0 Å². The highest BCUT2D eigenvalue weighted by atomic mass is 35.5. The molecule has 0 radical (unpaired) electrons. The summed E-state index contributed by atoms with van der Waals surface area (Å²) in [5.41, 5.74) is 0.473. The number of benzene rings is 1. The molecule has 1 aliphatic heterocycles. The Kier molecular flexibility index (Phi) is 5.01. The Bertz CT molecular complexity index is 583. The van der Waals surface area contributed by atoms with E-state index in [0.29, 0.717) is 18.8 Å². The molecule has 1 fully saturated rings. The molecule has 2 rings (SSSR count). The maximum absolute atomic E-state index is 12.4. The summed E-state index contributed by atoms with van der Waals surface area (Å²) in [5, 5.41) is 2.64. The van der Waals surface area contributed by atoms with Gasteiger partial charge in [-0.1, -0.05) is 6.07 Å². The fourth-order valence-electron chi connectivity index (χ4n) is 2.12. The number of carbonyl (C=O) groups is 1. The van der Waals surface area contributed by atoms with Gasteiger partial charge >= 0.3 is 0 Å². The molecule has 0 bridgehead atoms. The Morgan fingerprint density at radius 1 is 1.30 bits per heavy atom. The van der Waals surface area contributed by atoms with Crippen molar-refractivity contribution in [3.8, 4) is 0 Å². The second kappa shape index (κ2) is 6.56. The maximum atomic E-state index is 12.4. The van der Waals surface area contributed by atoms with Gasteiger partial charge in [0.15, 0.2) is 0 Å². The summed E-state index contributed by atoms with van der Waals surface area (Å²) in [5.74, 6) is 0.00755. The van der Waals surface area contributed by atoms with Gasteiger partial charge in [-0.15, -0.1) is 11.6 Å². The summed E-state index contributed by atoms with van der Waals surface area (Å²) >= 11 is 5.49. The van der Waals surface area contributed by atoms with Gasteiger partial charge in [0, 0.05) is 31.1 Å². The van der Waals surface area contributed by atoms with Gasteiger partial charge in [0.05, 0.1) is 4.90 Å². The first-order valence-corrected chi connectivity index (χ1v) is 8.47. The summed E-state index contributed by atoms with van der Waals surface area (Å²) in [6, 6.07) is 6.32. The maximum Gasteiger partial charge on any atom is 0.243 e. The van der Waals surface area contributed by atoms with Crippen LogP contribution in [0.15, 0.2) is 29.2 Å². The van der Waals surface area contributed by atoms with E-state index < -0.39 is 10.0 Å². The zero-order chi connectivity index (χ0) is 14.6. The Balaban J connectivity index is 2.18. The topological polar surface area (TPSA) is 66.5 Å². The van der Waals surface area contributed by atoms with Crippen LogP contribution in [0.25, 0.3) is 0 Å². The van der Waals surface area contributed by atoms with Crippen molar-refractivity contribution in [3.05, 3.63) is 24.3 Å². The Morgan fingerprint density at radius 3 is 2.65 bits per heavy atom. The molecule has 1 aromatic rings. The highest BCUT2D eigenvalue weighted by Crippen LogP contribution is 2.23. The number of hydrogen-bond acceptors (Lipinski definition) is 3. The van der Waals surface area contributed by atoms with Crippen molar-refractivity contribution in [3.63, 3.8) is 0 Å². The van der Waals surface area contributed by atoms with Crippen molar-refractivity contribution < 1.29 is 13.2 Å². The predicted octanol–water partition coefficient (Wildman–Crippen LogP) is 2.04. The second-order valence-corrected chi connectivity index (χ2v) is 6.94. The lowest BCUT2D eigenvalue weighted by Crippen LogP contribution is -2.27. The number of sulfonamides is 1. The molecule has 1 saturated heterocycles. The fourth-order valence-corrected chi connectivity index (χ4v) is 3.86. The van der Waals surface area contributed by atoms with Gasteiger partial charge < -0.3 is 5.32 Å². The highest BCUT2D eigenvalue weighted by Gasteiger charge is 2.27. The van der Waals surface area contributed by atoms with Crippen LogP contribution in [0, 0.1) is 0 Å². The normalized spacial score (nSPS) is 16.2. The zero-order valence-corrected chi connectivity index (χ0v) is 12.6. The quantitative estimate of drug-likeness (QED) is 0.845. The van der Waals surface area contributed by atoms with Crippen LogP contribution in [0.5, 0.6) is 0 Å². The molecule has 110 valence electrons. The summed E-state index contributed by atoms with van der Waals surface area (Å²) in [7, 11) is -3.45. The van der Waals surface area contributed by atoms with E-state index in [9.17, 15) is 13.2 Å². The third kappa shape index (κ3) is 3.50. The van der Waals surface area contributed by atoms with Crippen molar-refractivity contribution in [2.24, 2.45) is 0 Å². The SMILES string of the molecule is O=C(CCCl)Nc1cccc(S(=O)(=O)N2CCCC2)c1. The molecule has 1 aromatic carbocycles. The van der Waals surface area contributed by atoms with Crippen LogP contribution in [0.1, 0.15) is 19.3 Å². The molecule has 0 aliphatic carbocycles. The number of alkyl halides is 1. The van der Waals surface area contributed by atoms with Crippen LogP contribution in [0.4, 0.5) is 5.69 Å². The number of amides is 1. The standard InChI is InChI=1S/C13H17ClN2O3S/c14-7-6-13(17)15-11-4-3-5-12(10-11)20(18,19)16-8-1-2-9-16/h3-5,10H,1-2,6-9H2,(H,15,17). The molecule has 1 heterocycles. The zero-order valence-electron chi connectivity index (χ0n) is 11.0. The number of nitrogens with one attached hydrogen (secondary N) is 1. The van der Waals surface area contributed by atoms with Crippen LogP contribution in [0.2, 0.25) is 0 Å². The number of rotatable bonds is 5. The molecule has 7 heteroatoms. The van der Waals surface area contributed by atoms with Gasteiger partial charge in [-0.05, 0) is 31.0 Å². The molecule has 1 aliphatic rings. The number of halogens is 1. The number of carbonyl (C=O) groups excluding carboxylic acids is 1. The van der Waals surface area contributed by atoms with E-state index in [1.807, 2.05) is 0 Å². The molecular weight excluding hydrogens is 300 g/mol. The van der Waals surface area contributed by atoms with Crippen molar-refractivity contribution in [2.75, 3.05) is 24.3 Å². The Hall–Kier alpha value is -1.11. The Morgan fingerprint density at radius 2 is 2.00 bits per heavy atom. The highest BCUT2D eigenvalue weighted by molar-refractivity contribution is 7.89. The molecule has 0 saturated carbocycles.